The number of carbonyl (C=O) groups is 2. The minimum atomic E-state index is -3.83. The first kappa shape index (κ1) is 21.6. The van der Waals surface area contributed by atoms with Crippen LogP contribution in [0, 0.1) is 6.92 Å². The Morgan fingerprint density at radius 1 is 1.06 bits per heavy atom. The van der Waals surface area contributed by atoms with Gasteiger partial charge in [0.2, 0.25) is 5.76 Å². The summed E-state index contributed by atoms with van der Waals surface area (Å²) in [5.41, 5.74) is 2.26. The summed E-state index contributed by atoms with van der Waals surface area (Å²) < 4.78 is 43.0. The molecule has 0 unspecified atom stereocenters. The SMILES string of the molecule is COC(=O)c1oc(COC(=O)c2cccc(S(=O)(=O)N3CCc4ccccc43)c2)cc1C. The molecule has 1 aromatic heterocycles. The van der Waals surface area contributed by atoms with Gasteiger partial charge in [-0.05, 0) is 49.2 Å². The van der Waals surface area contributed by atoms with Crippen molar-refractivity contribution in [1.82, 2.24) is 0 Å². The van der Waals surface area contributed by atoms with E-state index in [2.05, 4.69) is 4.74 Å². The van der Waals surface area contributed by atoms with Crippen LogP contribution >= 0.6 is 0 Å². The van der Waals surface area contributed by atoms with E-state index in [4.69, 9.17) is 9.15 Å². The monoisotopic (exact) mass is 455 g/mol. The molecule has 0 fully saturated rings. The number of nitrogens with zero attached hydrogens (tertiary/aromatic N) is 1. The second-order valence-electron chi connectivity index (χ2n) is 7.28. The van der Waals surface area contributed by atoms with Crippen molar-refractivity contribution < 1.29 is 31.9 Å². The van der Waals surface area contributed by atoms with Crippen molar-refractivity contribution in [3.63, 3.8) is 0 Å². The molecule has 0 amide bonds. The molecule has 2 heterocycles. The van der Waals surface area contributed by atoms with E-state index in [-0.39, 0.29) is 28.6 Å². The fourth-order valence-corrected chi connectivity index (χ4v) is 5.15. The summed E-state index contributed by atoms with van der Waals surface area (Å²) in [6.07, 6.45) is 0.632. The topological polar surface area (TPSA) is 103 Å². The predicted octanol–water partition coefficient (Wildman–Crippen LogP) is 3.48. The molecule has 0 spiro atoms. The highest BCUT2D eigenvalue weighted by molar-refractivity contribution is 7.92. The van der Waals surface area contributed by atoms with Gasteiger partial charge in [0.1, 0.15) is 12.4 Å². The lowest BCUT2D eigenvalue weighted by Gasteiger charge is -2.19. The number of fused-ring (bicyclic) bond motifs is 1. The van der Waals surface area contributed by atoms with Gasteiger partial charge in [-0.25, -0.2) is 18.0 Å². The molecule has 4 rings (SSSR count). The van der Waals surface area contributed by atoms with Crippen molar-refractivity contribution in [2.75, 3.05) is 18.0 Å². The molecule has 166 valence electrons. The summed E-state index contributed by atoms with van der Waals surface area (Å²) in [6.45, 7) is 1.80. The van der Waals surface area contributed by atoms with Gasteiger partial charge in [-0.15, -0.1) is 0 Å². The molecule has 32 heavy (non-hydrogen) atoms. The fraction of sp³-hybridized carbons (Fsp3) is 0.217. The first-order chi connectivity index (χ1) is 15.3. The third-order valence-corrected chi connectivity index (χ3v) is 7.00. The third kappa shape index (κ3) is 3.99. The van der Waals surface area contributed by atoms with Gasteiger partial charge in [0.05, 0.1) is 23.3 Å². The van der Waals surface area contributed by atoms with E-state index in [9.17, 15) is 18.0 Å². The number of esters is 2. The molecule has 1 aliphatic rings. The average Bonchev–Trinajstić information content (AvgIpc) is 3.41. The number of ether oxygens (including phenoxy) is 2. The summed E-state index contributed by atoms with van der Waals surface area (Å²) >= 11 is 0. The summed E-state index contributed by atoms with van der Waals surface area (Å²) in [4.78, 5) is 24.2. The van der Waals surface area contributed by atoms with Gasteiger partial charge in [-0.3, -0.25) is 4.31 Å². The average molecular weight is 455 g/mol. The summed E-state index contributed by atoms with van der Waals surface area (Å²) in [5, 5.41) is 0. The van der Waals surface area contributed by atoms with Crippen LogP contribution in [-0.4, -0.2) is 34.0 Å². The lowest BCUT2D eigenvalue weighted by molar-refractivity contribution is 0.0438. The maximum atomic E-state index is 13.2. The standard InChI is InChI=1S/C23H21NO7S/c1-15-12-18(31-21(15)23(26)29-2)14-30-22(25)17-7-5-8-19(13-17)32(27,28)24-11-10-16-6-3-4-9-20(16)24/h3-9,12-13H,10-11,14H2,1-2H3. The Morgan fingerprint density at radius 3 is 2.62 bits per heavy atom. The number of hydrogen-bond donors (Lipinski definition) is 0. The molecule has 9 heteroatoms. The first-order valence-corrected chi connectivity index (χ1v) is 11.3. The van der Waals surface area contributed by atoms with Crippen molar-refractivity contribution >= 4 is 27.6 Å². The third-order valence-electron chi connectivity index (χ3n) is 5.19. The molecule has 8 nitrogen and oxygen atoms in total. The Bertz CT molecular complexity index is 1290. The highest BCUT2D eigenvalue weighted by atomic mass is 32.2. The van der Waals surface area contributed by atoms with Gasteiger partial charge in [0.25, 0.3) is 10.0 Å². The van der Waals surface area contributed by atoms with Crippen LogP contribution in [0.3, 0.4) is 0 Å². The second-order valence-corrected chi connectivity index (χ2v) is 9.14. The molecule has 0 atom stereocenters. The molecule has 3 aromatic rings. The molecule has 0 aliphatic carbocycles. The van der Waals surface area contributed by atoms with E-state index < -0.39 is 22.0 Å². The Labute approximate surface area is 185 Å². The lowest BCUT2D eigenvalue weighted by atomic mass is 10.2. The maximum absolute atomic E-state index is 13.2. The number of anilines is 1. The zero-order valence-electron chi connectivity index (χ0n) is 17.5. The van der Waals surface area contributed by atoms with Crippen molar-refractivity contribution in [1.29, 1.82) is 0 Å². The Balaban J connectivity index is 1.51. The predicted molar refractivity (Wildman–Crippen MR) is 115 cm³/mol. The van der Waals surface area contributed by atoms with Crippen LogP contribution in [0.5, 0.6) is 0 Å². The minimum absolute atomic E-state index is 0.00507. The van der Waals surface area contributed by atoms with Crippen LogP contribution in [0.2, 0.25) is 0 Å². The fourth-order valence-electron chi connectivity index (χ4n) is 3.60. The molecular weight excluding hydrogens is 434 g/mol. The summed E-state index contributed by atoms with van der Waals surface area (Å²) in [6, 6.07) is 14.6. The smallest absolute Gasteiger partial charge is 0.374 e. The van der Waals surface area contributed by atoms with Crippen LogP contribution in [0.25, 0.3) is 0 Å². The van der Waals surface area contributed by atoms with Gasteiger partial charge in [0, 0.05) is 12.1 Å². The first-order valence-electron chi connectivity index (χ1n) is 9.86. The van der Waals surface area contributed by atoms with E-state index in [1.54, 1.807) is 25.1 Å². The van der Waals surface area contributed by atoms with Crippen LogP contribution in [-0.2, 0) is 32.5 Å². The van der Waals surface area contributed by atoms with Crippen LogP contribution in [0.4, 0.5) is 5.69 Å². The molecular formula is C23H21NO7S. The Hall–Kier alpha value is -3.59. The molecule has 2 aromatic carbocycles. The number of rotatable bonds is 6. The van der Waals surface area contributed by atoms with Crippen molar-refractivity contribution in [2.45, 2.75) is 24.8 Å². The van der Waals surface area contributed by atoms with E-state index in [1.807, 2.05) is 12.1 Å². The number of furan rings is 1. The number of aryl methyl sites for hydroxylation is 1. The lowest BCUT2D eigenvalue weighted by Crippen LogP contribution is -2.29. The van der Waals surface area contributed by atoms with Crippen molar-refractivity contribution in [3.05, 3.63) is 82.8 Å². The number of benzene rings is 2. The molecule has 0 saturated heterocycles. The van der Waals surface area contributed by atoms with E-state index in [0.717, 1.165) is 5.56 Å². The summed E-state index contributed by atoms with van der Waals surface area (Å²) in [7, 11) is -2.59. The highest BCUT2D eigenvalue weighted by Gasteiger charge is 2.31. The molecule has 0 radical (unpaired) electrons. The summed E-state index contributed by atoms with van der Waals surface area (Å²) in [5.74, 6) is -1.02. The van der Waals surface area contributed by atoms with Gasteiger partial charge in [0.15, 0.2) is 0 Å². The number of methoxy groups -OCH3 is 1. The highest BCUT2D eigenvalue weighted by Crippen LogP contribution is 2.32. The van der Waals surface area contributed by atoms with Crippen LogP contribution in [0.1, 0.15) is 37.8 Å². The maximum Gasteiger partial charge on any atom is 0.374 e. The molecule has 0 saturated carbocycles. The van der Waals surface area contributed by atoms with E-state index >= 15 is 0 Å². The number of hydrogen-bond acceptors (Lipinski definition) is 7. The quantitative estimate of drug-likeness (QED) is 0.524. The number of carbonyl (C=O) groups excluding carboxylic acids is 2. The van der Waals surface area contributed by atoms with Crippen molar-refractivity contribution in [2.24, 2.45) is 0 Å². The molecule has 0 bridgehead atoms. The Kier molecular flexibility index (Phi) is 5.75. The Morgan fingerprint density at radius 2 is 1.84 bits per heavy atom. The zero-order valence-corrected chi connectivity index (χ0v) is 18.3. The zero-order chi connectivity index (χ0) is 22.9. The van der Waals surface area contributed by atoms with Crippen molar-refractivity contribution in [3.8, 4) is 0 Å². The van der Waals surface area contributed by atoms with E-state index in [1.165, 1.54) is 35.7 Å². The number of sulfonamides is 1. The minimum Gasteiger partial charge on any atom is -0.463 e. The van der Waals surface area contributed by atoms with Gasteiger partial charge in [-0.1, -0.05) is 24.3 Å². The normalized spacial score (nSPS) is 13.0. The molecule has 1 aliphatic heterocycles. The largest absolute Gasteiger partial charge is 0.463 e. The van der Waals surface area contributed by atoms with Gasteiger partial charge < -0.3 is 13.9 Å². The van der Waals surface area contributed by atoms with Crippen LogP contribution < -0.4 is 4.31 Å². The van der Waals surface area contributed by atoms with E-state index in [0.29, 0.717) is 24.2 Å². The van der Waals surface area contributed by atoms with Crippen LogP contribution in [0.15, 0.2) is 63.9 Å². The van der Waals surface area contributed by atoms with Gasteiger partial charge >= 0.3 is 11.9 Å². The second kappa shape index (κ2) is 8.51. The van der Waals surface area contributed by atoms with Gasteiger partial charge in [-0.2, -0.15) is 0 Å². The number of para-hydroxylation sites is 1. The molecule has 0 N–H and O–H groups in total.